The summed E-state index contributed by atoms with van der Waals surface area (Å²) in [6.45, 7) is 2.27. The predicted octanol–water partition coefficient (Wildman–Crippen LogP) is 8.29. The molecular weight excluding hydrogens is 408 g/mol. The van der Waals surface area contributed by atoms with E-state index in [4.69, 9.17) is 5.11 Å². The van der Waals surface area contributed by atoms with Gasteiger partial charge in [0.05, 0.1) is 6.42 Å². The van der Waals surface area contributed by atoms with Gasteiger partial charge in [-0.15, -0.1) is 0 Å². The summed E-state index contributed by atoms with van der Waals surface area (Å²) in [6, 6.07) is 0. The molecule has 184 valence electrons. The Kier molecular flexibility index (Phi) is 20.7. The van der Waals surface area contributed by atoms with Crippen molar-refractivity contribution in [2.75, 3.05) is 0 Å². The normalized spacial score (nSPS) is 13.2. The third kappa shape index (κ3) is 19.7. The molecule has 3 N–H and O–H groups in total. The van der Waals surface area contributed by atoms with E-state index in [2.05, 4.69) is 19.1 Å². The molecule has 0 aliphatic rings. The average Bonchev–Trinajstić information content (AvgIpc) is 2.71. The number of unbranched alkanes of at least 4 members (excludes halogenated alkanes) is 19. The largest absolute Gasteiger partial charge is 0.500 e. The Bertz CT molecular complexity index is 441. The van der Waals surface area contributed by atoms with Crippen molar-refractivity contribution in [1.29, 1.82) is 0 Å². The molecule has 0 aromatic rings. The van der Waals surface area contributed by atoms with Crippen molar-refractivity contribution in [3.63, 3.8) is 0 Å². The van der Waals surface area contributed by atoms with Crippen molar-refractivity contribution in [3.05, 3.63) is 0 Å². The van der Waals surface area contributed by atoms with Gasteiger partial charge < -0.3 is 15.3 Å². The van der Waals surface area contributed by atoms with Gasteiger partial charge in [0.1, 0.15) is 5.60 Å². The average molecular weight is 459 g/mol. The van der Waals surface area contributed by atoms with Crippen LogP contribution < -0.4 is 0 Å². The fraction of sp³-hybridized carbons (Fsp3) is 0.923. The zero-order chi connectivity index (χ0) is 23.2. The number of hydrogen-bond donors (Lipinski definition) is 3. The van der Waals surface area contributed by atoms with E-state index in [1.54, 1.807) is 0 Å². The van der Waals surface area contributed by atoms with Gasteiger partial charge in [-0.1, -0.05) is 135 Å². The first-order chi connectivity index (χ1) is 14.9. The minimum Gasteiger partial charge on any atom is -0.500 e. The first-order valence-corrected chi connectivity index (χ1v) is 13.5. The van der Waals surface area contributed by atoms with Gasteiger partial charge in [0.25, 0.3) is 0 Å². The lowest BCUT2D eigenvalue weighted by molar-refractivity contribution is -0.140. The summed E-state index contributed by atoms with van der Waals surface area (Å²) in [6.07, 6.45) is 25.7. The SMILES string of the molecule is CCCCCCCCCCCCCCCCCCCCCCC(O)(CC(=O)O)C(O)=S. The first kappa shape index (κ1) is 30.3. The van der Waals surface area contributed by atoms with Crippen LogP contribution in [0.3, 0.4) is 0 Å². The minimum atomic E-state index is -1.75. The summed E-state index contributed by atoms with van der Waals surface area (Å²) in [5.74, 6) is -1.15. The number of rotatable bonds is 24. The number of hydrogen-bond acceptors (Lipinski definition) is 3. The van der Waals surface area contributed by atoms with E-state index in [-0.39, 0.29) is 6.42 Å². The van der Waals surface area contributed by atoms with Crippen LogP contribution in [0.2, 0.25) is 0 Å². The van der Waals surface area contributed by atoms with Crippen LogP contribution in [0.25, 0.3) is 0 Å². The summed E-state index contributed by atoms with van der Waals surface area (Å²) < 4.78 is 0. The zero-order valence-electron chi connectivity index (χ0n) is 20.2. The first-order valence-electron chi connectivity index (χ1n) is 13.1. The monoisotopic (exact) mass is 458 g/mol. The fourth-order valence-corrected chi connectivity index (χ4v) is 4.37. The Labute approximate surface area is 197 Å². The van der Waals surface area contributed by atoms with E-state index < -0.39 is 23.0 Å². The van der Waals surface area contributed by atoms with Crippen molar-refractivity contribution in [1.82, 2.24) is 0 Å². The Morgan fingerprint density at radius 1 is 0.613 bits per heavy atom. The summed E-state index contributed by atoms with van der Waals surface area (Å²) in [4.78, 5) is 10.8. The van der Waals surface area contributed by atoms with E-state index in [0.717, 1.165) is 12.8 Å². The topological polar surface area (TPSA) is 77.8 Å². The van der Waals surface area contributed by atoms with Crippen molar-refractivity contribution in [2.45, 2.75) is 154 Å². The van der Waals surface area contributed by atoms with Crippen LogP contribution in [0, 0.1) is 0 Å². The molecule has 31 heavy (non-hydrogen) atoms. The number of carboxylic acid groups (broad SMARTS) is 1. The van der Waals surface area contributed by atoms with Gasteiger partial charge in [-0.25, -0.2) is 0 Å². The lowest BCUT2D eigenvalue weighted by atomic mass is 9.93. The highest BCUT2D eigenvalue weighted by molar-refractivity contribution is 7.80. The van der Waals surface area contributed by atoms with Crippen LogP contribution in [-0.4, -0.2) is 31.9 Å². The molecule has 0 saturated heterocycles. The number of thiocarbonyl (C=S) groups is 1. The molecule has 0 rings (SSSR count). The lowest BCUT2D eigenvalue weighted by Crippen LogP contribution is -2.39. The molecular formula is C26H50O4S. The molecule has 0 amide bonds. The number of aliphatic carboxylic acids is 1. The Hall–Kier alpha value is -0.680. The summed E-state index contributed by atoms with van der Waals surface area (Å²) in [7, 11) is 0. The third-order valence-electron chi connectivity index (χ3n) is 6.29. The van der Waals surface area contributed by atoms with Crippen LogP contribution in [-0.2, 0) is 4.79 Å². The molecule has 0 radical (unpaired) electrons. The summed E-state index contributed by atoms with van der Waals surface area (Å²) >= 11 is 4.62. The summed E-state index contributed by atoms with van der Waals surface area (Å²) in [5, 5.41) is 27.8. The second-order valence-electron chi connectivity index (χ2n) is 9.37. The maximum absolute atomic E-state index is 10.8. The maximum atomic E-state index is 10.8. The van der Waals surface area contributed by atoms with Gasteiger partial charge in [-0.05, 0) is 18.6 Å². The molecule has 5 heteroatoms. The van der Waals surface area contributed by atoms with Crippen molar-refractivity contribution < 1.29 is 20.1 Å². The molecule has 0 aromatic carbocycles. The van der Waals surface area contributed by atoms with Crippen LogP contribution in [0.4, 0.5) is 0 Å². The minimum absolute atomic E-state index is 0.216. The summed E-state index contributed by atoms with van der Waals surface area (Å²) in [5.41, 5.74) is -1.75. The molecule has 1 unspecified atom stereocenters. The zero-order valence-corrected chi connectivity index (χ0v) is 21.0. The van der Waals surface area contributed by atoms with Crippen molar-refractivity contribution >= 4 is 23.2 Å². The second-order valence-corrected chi connectivity index (χ2v) is 9.76. The molecule has 1 atom stereocenters. The van der Waals surface area contributed by atoms with Crippen LogP contribution in [0.15, 0.2) is 0 Å². The molecule has 4 nitrogen and oxygen atoms in total. The van der Waals surface area contributed by atoms with Gasteiger partial charge in [0, 0.05) is 0 Å². The number of aliphatic hydroxyl groups excluding tert-OH is 1. The Morgan fingerprint density at radius 2 is 0.903 bits per heavy atom. The van der Waals surface area contributed by atoms with E-state index in [9.17, 15) is 15.0 Å². The van der Waals surface area contributed by atoms with Crippen LogP contribution in [0.1, 0.15) is 148 Å². The smallest absolute Gasteiger partial charge is 0.306 e. The molecule has 0 bridgehead atoms. The lowest BCUT2D eigenvalue weighted by Gasteiger charge is -2.23. The van der Waals surface area contributed by atoms with Crippen LogP contribution in [0.5, 0.6) is 0 Å². The molecule has 0 aromatic heterocycles. The molecule has 0 saturated carbocycles. The molecule has 0 aliphatic carbocycles. The van der Waals surface area contributed by atoms with Crippen molar-refractivity contribution in [3.8, 4) is 0 Å². The highest BCUT2D eigenvalue weighted by Gasteiger charge is 2.34. The highest BCUT2D eigenvalue weighted by atomic mass is 32.1. The standard InChI is InChI=1S/C26H50O4S/c1-2-3-4-5-6-7-8-9-10-11-12-13-14-15-16-17-18-19-20-21-22-26(30,25(29)31)23-24(27)28/h30H,2-23H2,1H3,(H,27,28)(H,29,31). The van der Waals surface area contributed by atoms with Gasteiger partial charge in [-0.3, -0.25) is 4.79 Å². The quantitative estimate of drug-likeness (QED) is 0.100. The number of carboxylic acids is 1. The Balaban J connectivity index is 3.31. The van der Waals surface area contributed by atoms with Gasteiger partial charge in [0.15, 0.2) is 5.05 Å². The molecule has 0 fully saturated rings. The van der Waals surface area contributed by atoms with E-state index >= 15 is 0 Å². The molecule has 0 aliphatic heterocycles. The third-order valence-corrected chi connectivity index (χ3v) is 6.67. The fourth-order valence-electron chi connectivity index (χ4n) is 4.19. The maximum Gasteiger partial charge on any atom is 0.306 e. The predicted molar refractivity (Wildman–Crippen MR) is 135 cm³/mol. The molecule has 0 heterocycles. The number of aliphatic hydroxyl groups is 2. The molecule has 0 spiro atoms. The van der Waals surface area contributed by atoms with E-state index in [1.807, 2.05) is 0 Å². The number of carbonyl (C=O) groups is 1. The van der Waals surface area contributed by atoms with Gasteiger partial charge in [0.2, 0.25) is 0 Å². The second kappa shape index (κ2) is 21.2. The Morgan fingerprint density at radius 3 is 1.16 bits per heavy atom. The van der Waals surface area contributed by atoms with E-state index in [0.29, 0.717) is 6.42 Å². The van der Waals surface area contributed by atoms with Crippen LogP contribution >= 0.6 is 12.2 Å². The van der Waals surface area contributed by atoms with Gasteiger partial charge in [-0.2, -0.15) is 0 Å². The van der Waals surface area contributed by atoms with Gasteiger partial charge >= 0.3 is 5.97 Å². The van der Waals surface area contributed by atoms with E-state index in [1.165, 1.54) is 109 Å². The van der Waals surface area contributed by atoms with Crippen molar-refractivity contribution in [2.24, 2.45) is 0 Å². The highest BCUT2D eigenvalue weighted by Crippen LogP contribution is 2.22.